The standard InChI is InChI=1S/C21H20F3N3O2/c22-14-4-3-5-16(10-14)27-9-7-20(19(27)29)11-15(12-21(23,24)13-20)26-18(28)17-6-1-2-8-25-17/h1-6,8,10,15H,7,9,11-13H2,(H,26,28)/t15?,20-/m0/s1. The van der Waals surface area contributed by atoms with E-state index in [2.05, 4.69) is 10.3 Å². The molecule has 2 aliphatic rings. The van der Waals surface area contributed by atoms with Gasteiger partial charge in [0.1, 0.15) is 11.5 Å². The SMILES string of the molecule is O=C(NC1CC(F)(F)C[C@]2(CCN(c3cccc(F)c3)C2=O)C1)c1ccccn1. The van der Waals surface area contributed by atoms with E-state index in [0.717, 1.165) is 0 Å². The smallest absolute Gasteiger partial charge is 0.270 e. The molecule has 2 atom stereocenters. The van der Waals surface area contributed by atoms with Crippen molar-refractivity contribution in [1.82, 2.24) is 10.3 Å². The number of anilines is 1. The number of hydrogen-bond donors (Lipinski definition) is 1. The van der Waals surface area contributed by atoms with Gasteiger partial charge < -0.3 is 10.2 Å². The molecule has 1 aliphatic carbocycles. The summed E-state index contributed by atoms with van der Waals surface area (Å²) in [5.41, 5.74) is -0.791. The number of benzene rings is 1. The number of pyridine rings is 1. The Morgan fingerprint density at radius 3 is 2.72 bits per heavy atom. The van der Waals surface area contributed by atoms with E-state index < -0.39 is 47.9 Å². The van der Waals surface area contributed by atoms with Crippen LogP contribution in [0.25, 0.3) is 0 Å². The molecular formula is C21H20F3N3O2. The van der Waals surface area contributed by atoms with Crippen LogP contribution in [-0.4, -0.2) is 35.3 Å². The molecule has 5 nitrogen and oxygen atoms in total. The van der Waals surface area contributed by atoms with Crippen LogP contribution in [0, 0.1) is 11.2 Å². The number of nitrogens with one attached hydrogen (secondary N) is 1. The molecule has 2 aromatic rings. The summed E-state index contributed by atoms with van der Waals surface area (Å²) in [5, 5.41) is 2.61. The Morgan fingerprint density at radius 1 is 1.17 bits per heavy atom. The van der Waals surface area contributed by atoms with E-state index in [1.54, 1.807) is 18.2 Å². The number of aromatic nitrogens is 1. The highest BCUT2D eigenvalue weighted by atomic mass is 19.3. The van der Waals surface area contributed by atoms with Gasteiger partial charge in [0.05, 0.1) is 5.41 Å². The number of hydrogen-bond acceptors (Lipinski definition) is 3. The molecular weight excluding hydrogens is 383 g/mol. The molecule has 1 saturated carbocycles. The summed E-state index contributed by atoms with van der Waals surface area (Å²) in [6.07, 6.45) is 0.699. The Labute approximate surface area is 165 Å². The quantitative estimate of drug-likeness (QED) is 0.853. The van der Waals surface area contributed by atoms with Crippen LogP contribution in [0.3, 0.4) is 0 Å². The fourth-order valence-electron chi connectivity index (χ4n) is 4.47. The van der Waals surface area contributed by atoms with E-state index in [1.807, 2.05) is 0 Å². The zero-order valence-corrected chi connectivity index (χ0v) is 15.6. The number of carbonyl (C=O) groups is 2. The zero-order chi connectivity index (χ0) is 20.6. The molecule has 2 amide bonds. The van der Waals surface area contributed by atoms with Crippen molar-refractivity contribution in [1.29, 1.82) is 0 Å². The third kappa shape index (κ3) is 3.83. The lowest BCUT2D eigenvalue weighted by molar-refractivity contribution is -0.140. The van der Waals surface area contributed by atoms with Crippen LogP contribution in [0.1, 0.15) is 36.2 Å². The Morgan fingerprint density at radius 2 is 2.00 bits per heavy atom. The summed E-state index contributed by atoms with van der Waals surface area (Å²) in [5.74, 6) is -4.57. The van der Waals surface area contributed by atoms with E-state index in [1.165, 1.54) is 35.4 Å². The van der Waals surface area contributed by atoms with Crippen molar-refractivity contribution in [3.63, 3.8) is 0 Å². The average Bonchev–Trinajstić information content (AvgIpc) is 2.96. The molecule has 1 unspecified atom stereocenters. The molecule has 1 spiro atoms. The van der Waals surface area contributed by atoms with Gasteiger partial charge in [-0.05, 0) is 43.2 Å². The van der Waals surface area contributed by atoms with Gasteiger partial charge in [-0.2, -0.15) is 0 Å². The van der Waals surface area contributed by atoms with Gasteiger partial charge in [-0.1, -0.05) is 12.1 Å². The number of nitrogens with zero attached hydrogens (tertiary/aromatic N) is 2. The minimum Gasteiger partial charge on any atom is -0.348 e. The molecule has 0 radical (unpaired) electrons. The van der Waals surface area contributed by atoms with Gasteiger partial charge in [0.15, 0.2) is 0 Å². The van der Waals surface area contributed by atoms with Gasteiger partial charge in [-0.3, -0.25) is 14.6 Å². The molecule has 0 bridgehead atoms. The van der Waals surface area contributed by atoms with Gasteiger partial charge in [-0.25, -0.2) is 13.2 Å². The Balaban J connectivity index is 1.55. The summed E-state index contributed by atoms with van der Waals surface area (Å²) in [6, 6.07) is 9.48. The van der Waals surface area contributed by atoms with Crippen molar-refractivity contribution in [3.8, 4) is 0 Å². The monoisotopic (exact) mass is 403 g/mol. The van der Waals surface area contributed by atoms with Crippen molar-refractivity contribution in [2.75, 3.05) is 11.4 Å². The third-order valence-corrected chi connectivity index (χ3v) is 5.64. The van der Waals surface area contributed by atoms with E-state index >= 15 is 0 Å². The van der Waals surface area contributed by atoms with Crippen LogP contribution in [0.2, 0.25) is 0 Å². The molecule has 8 heteroatoms. The number of carbonyl (C=O) groups excluding carboxylic acids is 2. The van der Waals surface area contributed by atoms with Crippen molar-refractivity contribution in [2.45, 2.75) is 37.6 Å². The maximum Gasteiger partial charge on any atom is 0.270 e. The second kappa shape index (κ2) is 7.17. The van der Waals surface area contributed by atoms with Gasteiger partial charge in [0, 0.05) is 37.3 Å². The normalized spacial score (nSPS) is 26.0. The van der Waals surface area contributed by atoms with Crippen molar-refractivity contribution < 1.29 is 22.8 Å². The molecule has 1 saturated heterocycles. The van der Waals surface area contributed by atoms with Gasteiger partial charge in [0.25, 0.3) is 11.8 Å². The van der Waals surface area contributed by atoms with Gasteiger partial charge in [0.2, 0.25) is 5.91 Å². The topological polar surface area (TPSA) is 62.3 Å². The Hall–Kier alpha value is -2.90. The van der Waals surface area contributed by atoms with Crippen molar-refractivity contribution in [3.05, 3.63) is 60.2 Å². The molecule has 1 aromatic heterocycles. The lowest BCUT2D eigenvalue weighted by atomic mass is 9.69. The van der Waals surface area contributed by atoms with Crippen LogP contribution in [0.15, 0.2) is 48.7 Å². The predicted molar refractivity (Wildman–Crippen MR) is 100 cm³/mol. The molecule has 4 rings (SSSR count). The number of amides is 2. The summed E-state index contributed by atoms with van der Waals surface area (Å²) in [4.78, 5) is 30.8. The predicted octanol–water partition coefficient (Wildman–Crippen LogP) is 3.56. The third-order valence-electron chi connectivity index (χ3n) is 5.64. The first kappa shape index (κ1) is 19.4. The minimum absolute atomic E-state index is 0.117. The summed E-state index contributed by atoms with van der Waals surface area (Å²) in [7, 11) is 0. The fraction of sp³-hybridized carbons (Fsp3) is 0.381. The fourth-order valence-corrected chi connectivity index (χ4v) is 4.47. The number of rotatable bonds is 3. The summed E-state index contributed by atoms with van der Waals surface area (Å²) in [6.45, 7) is 0.235. The van der Waals surface area contributed by atoms with Gasteiger partial charge >= 0.3 is 0 Å². The van der Waals surface area contributed by atoms with Crippen molar-refractivity contribution >= 4 is 17.5 Å². The van der Waals surface area contributed by atoms with E-state index in [4.69, 9.17) is 0 Å². The first-order valence-corrected chi connectivity index (χ1v) is 9.45. The minimum atomic E-state index is -3.09. The molecule has 152 valence electrons. The highest BCUT2D eigenvalue weighted by molar-refractivity contribution is 6.00. The molecule has 1 aliphatic heterocycles. The maximum absolute atomic E-state index is 14.6. The number of halogens is 3. The van der Waals surface area contributed by atoms with Crippen LogP contribution in [-0.2, 0) is 4.79 Å². The largest absolute Gasteiger partial charge is 0.348 e. The van der Waals surface area contributed by atoms with E-state index in [0.29, 0.717) is 5.69 Å². The second-order valence-corrected chi connectivity index (χ2v) is 7.79. The summed E-state index contributed by atoms with van der Waals surface area (Å²) < 4.78 is 42.7. The first-order chi connectivity index (χ1) is 13.8. The molecule has 2 heterocycles. The highest BCUT2D eigenvalue weighted by Crippen LogP contribution is 2.51. The number of alkyl halides is 2. The van der Waals surface area contributed by atoms with E-state index in [9.17, 15) is 22.8 Å². The highest BCUT2D eigenvalue weighted by Gasteiger charge is 2.57. The van der Waals surface area contributed by atoms with Crippen molar-refractivity contribution in [2.24, 2.45) is 5.41 Å². The second-order valence-electron chi connectivity index (χ2n) is 7.79. The van der Waals surface area contributed by atoms with Crippen LogP contribution in [0.5, 0.6) is 0 Å². The Kier molecular flexibility index (Phi) is 4.80. The first-order valence-electron chi connectivity index (χ1n) is 9.45. The van der Waals surface area contributed by atoms with Crippen LogP contribution in [0.4, 0.5) is 18.9 Å². The maximum atomic E-state index is 14.6. The zero-order valence-electron chi connectivity index (χ0n) is 15.6. The van der Waals surface area contributed by atoms with Crippen LogP contribution < -0.4 is 10.2 Å². The lowest BCUT2D eigenvalue weighted by Crippen LogP contribution is -2.52. The van der Waals surface area contributed by atoms with Gasteiger partial charge in [-0.15, -0.1) is 0 Å². The Bertz CT molecular complexity index is 938. The molecule has 29 heavy (non-hydrogen) atoms. The molecule has 2 fully saturated rings. The molecule has 1 N–H and O–H groups in total. The lowest BCUT2D eigenvalue weighted by Gasteiger charge is -2.41. The summed E-state index contributed by atoms with van der Waals surface area (Å²) >= 11 is 0. The average molecular weight is 403 g/mol. The van der Waals surface area contributed by atoms with E-state index in [-0.39, 0.29) is 25.1 Å². The van der Waals surface area contributed by atoms with Crippen LogP contribution >= 0.6 is 0 Å². The molecule has 1 aromatic carbocycles.